The van der Waals surface area contributed by atoms with Crippen molar-refractivity contribution in [2.45, 2.75) is 19.8 Å². The van der Waals surface area contributed by atoms with Crippen LogP contribution in [0.3, 0.4) is 0 Å². The fraction of sp³-hybridized carbons (Fsp3) is 0.273. The lowest BCUT2D eigenvalue weighted by Crippen LogP contribution is -2.05. The Bertz CT molecular complexity index is 314. The number of hydrogen-bond acceptors (Lipinski definition) is 3. The van der Waals surface area contributed by atoms with Gasteiger partial charge in [-0.1, -0.05) is 19.1 Å². The number of hydrogen-bond donors (Lipinski definition) is 0. The molecule has 0 bridgehead atoms. The minimum absolute atomic E-state index is 0.256. The van der Waals surface area contributed by atoms with Crippen LogP contribution >= 0.6 is 0 Å². The largest absolute Gasteiger partial charge is 0.427 e. The minimum atomic E-state index is -0.256. The molecule has 0 aromatic heterocycles. The van der Waals surface area contributed by atoms with Crippen LogP contribution in [0.4, 0.5) is 0 Å². The quantitative estimate of drug-likeness (QED) is 0.414. The lowest BCUT2D eigenvalue weighted by atomic mass is 10.2. The molecular formula is C11H12O3. The third kappa shape index (κ3) is 3.01. The van der Waals surface area contributed by atoms with Crippen molar-refractivity contribution in [3.8, 4) is 5.75 Å². The number of benzene rings is 1. The fourth-order valence-corrected chi connectivity index (χ4v) is 0.993. The molecule has 0 spiro atoms. The summed E-state index contributed by atoms with van der Waals surface area (Å²) >= 11 is 0. The Labute approximate surface area is 82.7 Å². The van der Waals surface area contributed by atoms with Crippen LogP contribution < -0.4 is 4.74 Å². The van der Waals surface area contributed by atoms with E-state index in [1.54, 1.807) is 31.2 Å². The molecule has 0 unspecified atom stereocenters. The van der Waals surface area contributed by atoms with Crippen LogP contribution in [0.5, 0.6) is 5.75 Å². The van der Waals surface area contributed by atoms with Crippen LogP contribution in [-0.2, 0) is 16.0 Å². The maximum absolute atomic E-state index is 10.9. The molecular weight excluding hydrogens is 180 g/mol. The average molecular weight is 192 g/mol. The number of carbonyl (C=O) groups excluding carboxylic acids is 2. The first kappa shape index (κ1) is 10.4. The summed E-state index contributed by atoms with van der Waals surface area (Å²) in [6.45, 7) is 1.74. The van der Waals surface area contributed by atoms with Crippen molar-refractivity contribution in [2.75, 3.05) is 0 Å². The Hall–Kier alpha value is -1.64. The molecule has 1 rings (SSSR count). The summed E-state index contributed by atoms with van der Waals surface area (Å²) in [5.41, 5.74) is 0.913. The highest BCUT2D eigenvalue weighted by Crippen LogP contribution is 2.12. The van der Waals surface area contributed by atoms with E-state index in [1.165, 1.54) is 0 Å². The topological polar surface area (TPSA) is 43.4 Å². The molecule has 0 N–H and O–H groups in total. The van der Waals surface area contributed by atoms with E-state index in [1.807, 2.05) is 0 Å². The molecule has 3 nitrogen and oxygen atoms in total. The van der Waals surface area contributed by atoms with Crippen molar-refractivity contribution in [1.29, 1.82) is 0 Å². The first-order valence-corrected chi connectivity index (χ1v) is 4.49. The summed E-state index contributed by atoms with van der Waals surface area (Å²) in [7, 11) is 0. The van der Waals surface area contributed by atoms with Gasteiger partial charge in [0.05, 0.1) is 0 Å². The summed E-state index contributed by atoms with van der Waals surface area (Å²) < 4.78 is 4.97. The molecule has 0 aliphatic carbocycles. The van der Waals surface area contributed by atoms with Gasteiger partial charge in [-0.25, -0.2) is 0 Å². The van der Waals surface area contributed by atoms with Gasteiger partial charge in [-0.15, -0.1) is 0 Å². The van der Waals surface area contributed by atoms with Crippen molar-refractivity contribution in [1.82, 2.24) is 0 Å². The molecule has 0 fully saturated rings. The molecule has 0 amide bonds. The maximum atomic E-state index is 10.9. The smallest absolute Gasteiger partial charge is 0.310 e. The molecule has 0 aliphatic rings. The predicted molar refractivity (Wildman–Crippen MR) is 52.1 cm³/mol. The predicted octanol–water partition coefficient (Wildman–Crippen LogP) is 1.74. The second-order valence-corrected chi connectivity index (χ2v) is 2.84. The Morgan fingerprint density at radius 3 is 2.50 bits per heavy atom. The van der Waals surface area contributed by atoms with Crippen LogP contribution in [-0.4, -0.2) is 12.3 Å². The molecule has 0 saturated carbocycles. The zero-order valence-corrected chi connectivity index (χ0v) is 8.03. The highest BCUT2D eigenvalue weighted by Gasteiger charge is 2.00. The number of carbonyl (C=O) groups is 2. The highest BCUT2D eigenvalue weighted by molar-refractivity contribution is 5.71. The lowest BCUT2D eigenvalue weighted by molar-refractivity contribution is -0.134. The normalized spacial score (nSPS) is 9.50. The van der Waals surface area contributed by atoms with Gasteiger partial charge in [0.15, 0.2) is 0 Å². The van der Waals surface area contributed by atoms with Gasteiger partial charge in [-0.3, -0.25) is 4.79 Å². The average Bonchev–Trinajstić information content (AvgIpc) is 2.21. The van der Waals surface area contributed by atoms with E-state index in [-0.39, 0.29) is 5.97 Å². The Morgan fingerprint density at radius 1 is 1.36 bits per heavy atom. The van der Waals surface area contributed by atoms with Gasteiger partial charge >= 0.3 is 5.97 Å². The van der Waals surface area contributed by atoms with Crippen LogP contribution in [0.2, 0.25) is 0 Å². The molecule has 0 saturated heterocycles. The number of ether oxygens (including phenoxy) is 1. The van der Waals surface area contributed by atoms with Crippen LogP contribution in [0.15, 0.2) is 24.3 Å². The van der Waals surface area contributed by atoms with E-state index in [9.17, 15) is 9.59 Å². The third-order valence-electron chi connectivity index (χ3n) is 1.76. The van der Waals surface area contributed by atoms with Crippen molar-refractivity contribution in [3.63, 3.8) is 0 Å². The summed E-state index contributed by atoms with van der Waals surface area (Å²) in [6.07, 6.45) is 1.59. The maximum Gasteiger partial charge on any atom is 0.310 e. The van der Waals surface area contributed by atoms with Gasteiger partial charge in [-0.05, 0) is 17.7 Å². The second-order valence-electron chi connectivity index (χ2n) is 2.84. The van der Waals surface area contributed by atoms with E-state index in [0.717, 1.165) is 11.8 Å². The number of aldehydes is 1. The SMILES string of the molecule is CCC(=O)Oc1ccc(CC=O)cc1. The second kappa shape index (κ2) is 5.17. The monoisotopic (exact) mass is 192 g/mol. The Kier molecular flexibility index (Phi) is 3.85. The molecule has 0 heterocycles. The van der Waals surface area contributed by atoms with Gasteiger partial charge in [0.25, 0.3) is 0 Å². The molecule has 1 aromatic carbocycles. The Balaban J connectivity index is 2.63. The molecule has 3 heteroatoms. The van der Waals surface area contributed by atoms with E-state index in [4.69, 9.17) is 4.74 Å². The molecule has 0 aliphatic heterocycles. The molecule has 0 radical (unpaired) electrons. The zero-order chi connectivity index (χ0) is 10.4. The summed E-state index contributed by atoms with van der Waals surface area (Å²) in [5.74, 6) is 0.264. The van der Waals surface area contributed by atoms with E-state index >= 15 is 0 Å². The highest BCUT2D eigenvalue weighted by atomic mass is 16.5. The van der Waals surface area contributed by atoms with Gasteiger partial charge in [0.1, 0.15) is 12.0 Å². The molecule has 0 atom stereocenters. The van der Waals surface area contributed by atoms with Crippen molar-refractivity contribution in [2.24, 2.45) is 0 Å². The van der Waals surface area contributed by atoms with Gasteiger partial charge in [-0.2, -0.15) is 0 Å². The van der Waals surface area contributed by atoms with Crippen LogP contribution in [0.1, 0.15) is 18.9 Å². The number of rotatable bonds is 4. The first-order chi connectivity index (χ1) is 6.76. The molecule has 14 heavy (non-hydrogen) atoms. The van der Waals surface area contributed by atoms with Crippen molar-refractivity contribution >= 4 is 12.3 Å². The summed E-state index contributed by atoms with van der Waals surface area (Å²) in [4.78, 5) is 21.1. The standard InChI is InChI=1S/C11H12O3/c1-2-11(13)14-10-5-3-9(4-6-10)7-8-12/h3-6,8H,2,7H2,1H3. The fourth-order valence-electron chi connectivity index (χ4n) is 0.993. The van der Waals surface area contributed by atoms with E-state index in [0.29, 0.717) is 18.6 Å². The van der Waals surface area contributed by atoms with Crippen molar-refractivity contribution in [3.05, 3.63) is 29.8 Å². The van der Waals surface area contributed by atoms with Gasteiger partial charge in [0, 0.05) is 12.8 Å². The molecule has 1 aromatic rings. The van der Waals surface area contributed by atoms with Gasteiger partial charge < -0.3 is 9.53 Å². The van der Waals surface area contributed by atoms with Crippen LogP contribution in [0.25, 0.3) is 0 Å². The Morgan fingerprint density at radius 2 is 2.00 bits per heavy atom. The molecule has 74 valence electrons. The minimum Gasteiger partial charge on any atom is -0.427 e. The van der Waals surface area contributed by atoms with Gasteiger partial charge in [0.2, 0.25) is 0 Å². The van der Waals surface area contributed by atoms with E-state index in [2.05, 4.69) is 0 Å². The lowest BCUT2D eigenvalue weighted by Gasteiger charge is -2.02. The van der Waals surface area contributed by atoms with E-state index < -0.39 is 0 Å². The van der Waals surface area contributed by atoms with Crippen molar-refractivity contribution < 1.29 is 14.3 Å². The summed E-state index contributed by atoms with van der Waals surface area (Å²) in [6, 6.07) is 6.91. The first-order valence-electron chi connectivity index (χ1n) is 4.49. The third-order valence-corrected chi connectivity index (χ3v) is 1.76. The zero-order valence-electron chi connectivity index (χ0n) is 8.03. The summed E-state index contributed by atoms with van der Waals surface area (Å²) in [5, 5.41) is 0. The number of esters is 1. The van der Waals surface area contributed by atoms with Crippen LogP contribution in [0, 0.1) is 0 Å².